The Labute approximate surface area is 103 Å². The van der Waals surface area contributed by atoms with Crippen LogP contribution in [0.2, 0.25) is 0 Å². The fourth-order valence-electron chi connectivity index (χ4n) is 1.46. The third kappa shape index (κ3) is 2.57. The smallest absolute Gasteiger partial charge is 0.0649 e. The molecule has 3 nitrogen and oxygen atoms in total. The molecule has 1 aromatic carbocycles. The lowest BCUT2D eigenvalue weighted by Gasteiger charge is -2.04. The molecule has 2 aromatic rings. The van der Waals surface area contributed by atoms with Gasteiger partial charge in [0.25, 0.3) is 0 Å². The quantitative estimate of drug-likeness (QED) is 0.881. The van der Waals surface area contributed by atoms with Gasteiger partial charge in [-0.3, -0.25) is 0 Å². The van der Waals surface area contributed by atoms with Gasteiger partial charge in [-0.15, -0.1) is 0 Å². The van der Waals surface area contributed by atoms with Crippen LogP contribution in [0.5, 0.6) is 0 Å². The van der Waals surface area contributed by atoms with Gasteiger partial charge in [0.1, 0.15) is 0 Å². The van der Waals surface area contributed by atoms with Gasteiger partial charge in [0.05, 0.1) is 15.5 Å². The summed E-state index contributed by atoms with van der Waals surface area (Å²) in [4.78, 5) is 0. The van der Waals surface area contributed by atoms with E-state index in [2.05, 4.69) is 57.3 Å². The van der Waals surface area contributed by atoms with Crippen LogP contribution in [0.1, 0.15) is 5.56 Å². The van der Waals surface area contributed by atoms with Gasteiger partial charge in [-0.25, -0.2) is 4.68 Å². The highest BCUT2D eigenvalue weighted by Crippen LogP contribution is 2.11. The molecule has 0 atom stereocenters. The zero-order valence-corrected chi connectivity index (χ0v) is 10.6. The zero-order chi connectivity index (χ0) is 10.7. The molecule has 0 amide bonds. The van der Waals surface area contributed by atoms with Crippen molar-refractivity contribution in [1.29, 1.82) is 0 Å². The number of aromatic nitrogens is 2. The Morgan fingerprint density at radius 1 is 1.47 bits per heavy atom. The predicted molar refractivity (Wildman–Crippen MR) is 69.0 cm³/mol. The summed E-state index contributed by atoms with van der Waals surface area (Å²) in [7, 11) is 1.95. The van der Waals surface area contributed by atoms with Gasteiger partial charge in [0.2, 0.25) is 0 Å². The first-order valence-electron chi connectivity index (χ1n) is 4.73. The highest BCUT2D eigenvalue weighted by molar-refractivity contribution is 14.1. The number of nitrogens with zero attached hydrogens (tertiary/aromatic N) is 2. The van der Waals surface area contributed by atoms with E-state index in [4.69, 9.17) is 0 Å². The molecule has 0 unspecified atom stereocenters. The molecule has 78 valence electrons. The van der Waals surface area contributed by atoms with E-state index in [0.29, 0.717) is 0 Å². The van der Waals surface area contributed by atoms with Gasteiger partial charge in [-0.1, -0.05) is 12.1 Å². The average Bonchev–Trinajstić information content (AvgIpc) is 2.66. The maximum atomic E-state index is 4.28. The molecule has 0 radical (unpaired) electrons. The molecule has 15 heavy (non-hydrogen) atoms. The monoisotopic (exact) mass is 313 g/mol. The van der Waals surface area contributed by atoms with E-state index in [1.165, 1.54) is 5.56 Å². The van der Waals surface area contributed by atoms with Gasteiger partial charge in [-0.2, -0.15) is 5.10 Å². The third-order valence-corrected chi connectivity index (χ3v) is 2.66. The Bertz CT molecular complexity index is 451. The number of hydrogen-bond donors (Lipinski definition) is 1. The molecule has 1 aromatic heterocycles. The largest absolute Gasteiger partial charge is 0.316 e. The normalized spacial score (nSPS) is 10.5. The molecule has 0 bridgehead atoms. The standard InChI is InChI=1S/C11H12IN3/c1-13-6-9-3-2-4-11(5-9)15-8-10(12)7-14-15/h2-5,7-8,13H,6H2,1H3. The molecule has 0 aliphatic heterocycles. The van der Waals surface area contributed by atoms with Crippen LogP contribution in [-0.2, 0) is 6.54 Å². The Balaban J connectivity index is 2.32. The molecule has 0 saturated carbocycles. The molecular weight excluding hydrogens is 301 g/mol. The minimum atomic E-state index is 0.881. The van der Waals surface area contributed by atoms with Crippen LogP contribution < -0.4 is 5.32 Å². The maximum Gasteiger partial charge on any atom is 0.0649 e. The highest BCUT2D eigenvalue weighted by Gasteiger charge is 1.99. The molecule has 0 fully saturated rings. The van der Waals surface area contributed by atoms with Gasteiger partial charge in [0.15, 0.2) is 0 Å². The first-order chi connectivity index (χ1) is 7.29. The molecule has 4 heteroatoms. The summed E-state index contributed by atoms with van der Waals surface area (Å²) in [6, 6.07) is 8.35. The van der Waals surface area contributed by atoms with Crippen molar-refractivity contribution < 1.29 is 0 Å². The third-order valence-electron chi connectivity index (χ3n) is 2.11. The second-order valence-electron chi connectivity index (χ2n) is 3.30. The second-order valence-corrected chi connectivity index (χ2v) is 4.55. The SMILES string of the molecule is CNCc1cccc(-n2cc(I)cn2)c1. The molecule has 0 aliphatic carbocycles. The number of hydrogen-bond acceptors (Lipinski definition) is 2. The Kier molecular flexibility index (Phi) is 3.37. The number of rotatable bonds is 3. The van der Waals surface area contributed by atoms with E-state index >= 15 is 0 Å². The van der Waals surface area contributed by atoms with E-state index in [9.17, 15) is 0 Å². The average molecular weight is 313 g/mol. The first kappa shape index (κ1) is 10.6. The van der Waals surface area contributed by atoms with Crippen molar-refractivity contribution in [3.05, 3.63) is 45.8 Å². The summed E-state index contributed by atoms with van der Waals surface area (Å²) in [5.74, 6) is 0. The molecule has 1 N–H and O–H groups in total. The van der Waals surface area contributed by atoms with E-state index in [1.54, 1.807) is 0 Å². The lowest BCUT2D eigenvalue weighted by atomic mass is 10.2. The minimum absolute atomic E-state index is 0.881. The zero-order valence-electron chi connectivity index (χ0n) is 8.44. The topological polar surface area (TPSA) is 29.9 Å². The predicted octanol–water partition coefficient (Wildman–Crippen LogP) is 2.20. The summed E-state index contributed by atoms with van der Waals surface area (Å²) < 4.78 is 3.03. The molecule has 1 heterocycles. The molecule has 2 rings (SSSR count). The first-order valence-corrected chi connectivity index (χ1v) is 5.81. The lowest BCUT2D eigenvalue weighted by molar-refractivity contribution is 0.811. The Morgan fingerprint density at radius 3 is 3.00 bits per heavy atom. The van der Waals surface area contributed by atoms with Crippen molar-refractivity contribution in [2.24, 2.45) is 0 Å². The van der Waals surface area contributed by atoms with E-state index in [0.717, 1.165) is 15.8 Å². The Morgan fingerprint density at radius 2 is 2.33 bits per heavy atom. The number of benzene rings is 1. The lowest BCUT2D eigenvalue weighted by Crippen LogP contribution is -2.05. The second kappa shape index (κ2) is 4.76. The van der Waals surface area contributed by atoms with Gasteiger partial charge >= 0.3 is 0 Å². The van der Waals surface area contributed by atoms with Crippen molar-refractivity contribution in [2.45, 2.75) is 6.54 Å². The van der Waals surface area contributed by atoms with Crippen LogP contribution in [-0.4, -0.2) is 16.8 Å². The summed E-state index contributed by atoms with van der Waals surface area (Å²) >= 11 is 2.26. The summed E-state index contributed by atoms with van der Waals surface area (Å²) in [5, 5.41) is 7.41. The Hall–Kier alpha value is -0.880. The number of halogens is 1. The van der Waals surface area contributed by atoms with Crippen molar-refractivity contribution in [3.8, 4) is 5.69 Å². The van der Waals surface area contributed by atoms with Crippen molar-refractivity contribution in [3.63, 3.8) is 0 Å². The molecular formula is C11H12IN3. The van der Waals surface area contributed by atoms with E-state index < -0.39 is 0 Å². The summed E-state index contributed by atoms with van der Waals surface area (Å²) in [6.45, 7) is 0.881. The van der Waals surface area contributed by atoms with Crippen LogP contribution in [0, 0.1) is 3.57 Å². The van der Waals surface area contributed by atoms with Gasteiger partial charge in [-0.05, 0) is 47.3 Å². The maximum absolute atomic E-state index is 4.28. The fraction of sp³-hybridized carbons (Fsp3) is 0.182. The molecule has 0 saturated heterocycles. The summed E-state index contributed by atoms with van der Waals surface area (Å²) in [5.41, 5.74) is 2.37. The van der Waals surface area contributed by atoms with Crippen LogP contribution in [0.25, 0.3) is 5.69 Å². The van der Waals surface area contributed by atoms with Crippen LogP contribution in [0.15, 0.2) is 36.7 Å². The van der Waals surface area contributed by atoms with Crippen LogP contribution in [0.4, 0.5) is 0 Å². The summed E-state index contributed by atoms with van der Waals surface area (Å²) in [6.07, 6.45) is 3.87. The van der Waals surface area contributed by atoms with Crippen LogP contribution >= 0.6 is 22.6 Å². The van der Waals surface area contributed by atoms with Crippen molar-refractivity contribution in [2.75, 3.05) is 7.05 Å². The van der Waals surface area contributed by atoms with Crippen molar-refractivity contribution >= 4 is 22.6 Å². The number of nitrogens with one attached hydrogen (secondary N) is 1. The minimum Gasteiger partial charge on any atom is -0.316 e. The van der Waals surface area contributed by atoms with Crippen LogP contribution in [0.3, 0.4) is 0 Å². The molecule has 0 spiro atoms. The van der Waals surface area contributed by atoms with E-state index in [1.807, 2.05) is 24.1 Å². The van der Waals surface area contributed by atoms with Gasteiger partial charge < -0.3 is 5.32 Å². The van der Waals surface area contributed by atoms with Crippen molar-refractivity contribution in [1.82, 2.24) is 15.1 Å². The fourth-order valence-corrected chi connectivity index (χ4v) is 1.84. The highest BCUT2D eigenvalue weighted by atomic mass is 127. The van der Waals surface area contributed by atoms with E-state index in [-0.39, 0.29) is 0 Å². The van der Waals surface area contributed by atoms with Gasteiger partial charge in [0, 0.05) is 12.7 Å². The molecule has 0 aliphatic rings.